The molecule has 9 heteroatoms. The standard InChI is InChI=1S/C20H24FN3O5/c21-14-5-7-15(8-6-14)23-17(25)10-22-18(26)12-29-20(28)13-9-19(27)24(11-13)16-3-1-2-4-16/h5-8,13,16H,1-4,9-12H2,(H,22,26)(H,23,25)/t13-/m1/s1. The normalized spacial score (nSPS) is 19.3. The number of ether oxygens (including phenoxy) is 1. The van der Waals surface area contributed by atoms with E-state index in [0.29, 0.717) is 12.2 Å². The summed E-state index contributed by atoms with van der Waals surface area (Å²) >= 11 is 0. The maximum atomic E-state index is 12.8. The van der Waals surface area contributed by atoms with E-state index in [2.05, 4.69) is 10.6 Å². The molecule has 1 saturated heterocycles. The molecule has 0 aromatic heterocycles. The Kier molecular flexibility index (Phi) is 6.79. The van der Waals surface area contributed by atoms with Gasteiger partial charge in [0.15, 0.2) is 6.61 Å². The van der Waals surface area contributed by atoms with Crippen molar-refractivity contribution in [3.63, 3.8) is 0 Å². The molecule has 2 N–H and O–H groups in total. The molecule has 1 aromatic carbocycles. The second-order valence-electron chi connectivity index (χ2n) is 7.32. The summed E-state index contributed by atoms with van der Waals surface area (Å²) in [4.78, 5) is 49.7. The van der Waals surface area contributed by atoms with Crippen molar-refractivity contribution >= 4 is 29.4 Å². The molecule has 1 heterocycles. The monoisotopic (exact) mass is 405 g/mol. The predicted molar refractivity (Wildman–Crippen MR) is 101 cm³/mol. The summed E-state index contributed by atoms with van der Waals surface area (Å²) in [6, 6.07) is 5.41. The zero-order chi connectivity index (χ0) is 20.8. The van der Waals surface area contributed by atoms with Crippen LogP contribution in [0.5, 0.6) is 0 Å². The minimum absolute atomic E-state index is 0.0410. The molecular weight excluding hydrogens is 381 g/mol. The Hall–Kier alpha value is -2.97. The SMILES string of the molecule is O=C(COC(=O)[C@@H]1CC(=O)N(C2CCCC2)C1)NCC(=O)Nc1ccc(F)cc1. The van der Waals surface area contributed by atoms with E-state index >= 15 is 0 Å². The van der Waals surface area contributed by atoms with Crippen molar-refractivity contribution in [2.75, 3.05) is 25.0 Å². The van der Waals surface area contributed by atoms with Crippen LogP contribution < -0.4 is 10.6 Å². The molecule has 0 spiro atoms. The van der Waals surface area contributed by atoms with E-state index in [-0.39, 0.29) is 24.9 Å². The Morgan fingerprint density at radius 2 is 1.79 bits per heavy atom. The second-order valence-corrected chi connectivity index (χ2v) is 7.32. The van der Waals surface area contributed by atoms with E-state index in [4.69, 9.17) is 4.74 Å². The van der Waals surface area contributed by atoms with Gasteiger partial charge in [0.1, 0.15) is 5.82 Å². The molecular formula is C20H24FN3O5. The van der Waals surface area contributed by atoms with Crippen LogP contribution in [0.2, 0.25) is 0 Å². The smallest absolute Gasteiger partial charge is 0.311 e. The summed E-state index contributed by atoms with van der Waals surface area (Å²) < 4.78 is 17.8. The molecule has 1 aliphatic carbocycles. The molecule has 0 bridgehead atoms. The lowest BCUT2D eigenvalue weighted by atomic mass is 10.1. The Morgan fingerprint density at radius 3 is 2.48 bits per heavy atom. The molecule has 1 atom stereocenters. The van der Waals surface area contributed by atoms with Gasteiger partial charge in [-0.3, -0.25) is 19.2 Å². The van der Waals surface area contributed by atoms with Gasteiger partial charge in [-0.25, -0.2) is 4.39 Å². The third-order valence-electron chi connectivity index (χ3n) is 5.18. The number of esters is 1. The van der Waals surface area contributed by atoms with Gasteiger partial charge in [0.25, 0.3) is 5.91 Å². The number of hydrogen-bond donors (Lipinski definition) is 2. The lowest BCUT2D eigenvalue weighted by Gasteiger charge is -2.23. The fourth-order valence-electron chi connectivity index (χ4n) is 3.68. The van der Waals surface area contributed by atoms with Crippen molar-refractivity contribution in [1.29, 1.82) is 0 Å². The van der Waals surface area contributed by atoms with Crippen molar-refractivity contribution in [3.05, 3.63) is 30.1 Å². The van der Waals surface area contributed by atoms with E-state index in [1.807, 2.05) is 0 Å². The molecule has 1 aliphatic heterocycles. The molecule has 8 nitrogen and oxygen atoms in total. The van der Waals surface area contributed by atoms with Crippen molar-refractivity contribution in [3.8, 4) is 0 Å². The van der Waals surface area contributed by atoms with Crippen LogP contribution in [0.3, 0.4) is 0 Å². The summed E-state index contributed by atoms with van der Waals surface area (Å²) in [6.45, 7) is -0.494. The Balaban J connectivity index is 1.35. The van der Waals surface area contributed by atoms with Gasteiger partial charge in [0.05, 0.1) is 12.5 Å². The first kappa shape index (κ1) is 20.8. The van der Waals surface area contributed by atoms with E-state index in [9.17, 15) is 23.6 Å². The van der Waals surface area contributed by atoms with Crippen LogP contribution >= 0.6 is 0 Å². The third-order valence-corrected chi connectivity index (χ3v) is 5.18. The second kappa shape index (κ2) is 9.49. The largest absolute Gasteiger partial charge is 0.455 e. The summed E-state index contributed by atoms with van der Waals surface area (Å²) in [5.41, 5.74) is 0.398. The first-order chi connectivity index (χ1) is 13.9. The van der Waals surface area contributed by atoms with E-state index in [1.54, 1.807) is 4.90 Å². The van der Waals surface area contributed by atoms with Crippen LogP contribution in [-0.4, -0.2) is 54.3 Å². The lowest BCUT2D eigenvalue weighted by molar-refractivity contribution is -0.152. The number of likely N-dealkylation sites (tertiary alicyclic amines) is 1. The number of halogens is 1. The van der Waals surface area contributed by atoms with Crippen LogP contribution in [0.1, 0.15) is 32.1 Å². The highest BCUT2D eigenvalue weighted by Gasteiger charge is 2.39. The van der Waals surface area contributed by atoms with Crippen LogP contribution in [0.4, 0.5) is 10.1 Å². The molecule has 3 amide bonds. The summed E-state index contributed by atoms with van der Waals surface area (Å²) in [7, 11) is 0. The molecule has 2 fully saturated rings. The van der Waals surface area contributed by atoms with Gasteiger partial charge >= 0.3 is 5.97 Å². The molecule has 1 saturated carbocycles. The maximum absolute atomic E-state index is 12.8. The highest BCUT2D eigenvalue weighted by molar-refractivity contribution is 5.95. The average Bonchev–Trinajstić information content (AvgIpc) is 3.35. The van der Waals surface area contributed by atoms with Crippen LogP contribution in [0, 0.1) is 11.7 Å². The summed E-state index contributed by atoms with van der Waals surface area (Å²) in [6.07, 6.45) is 4.24. The van der Waals surface area contributed by atoms with Crippen molar-refractivity contribution < 1.29 is 28.3 Å². The molecule has 1 aromatic rings. The number of hydrogen-bond acceptors (Lipinski definition) is 5. The number of nitrogens with one attached hydrogen (secondary N) is 2. The number of nitrogens with zero attached hydrogens (tertiary/aromatic N) is 1. The van der Waals surface area contributed by atoms with Crippen molar-refractivity contribution in [1.82, 2.24) is 10.2 Å². The third kappa shape index (κ3) is 5.75. The van der Waals surface area contributed by atoms with Gasteiger partial charge in [-0.15, -0.1) is 0 Å². The van der Waals surface area contributed by atoms with Crippen molar-refractivity contribution in [2.45, 2.75) is 38.1 Å². The summed E-state index contributed by atoms with van der Waals surface area (Å²) in [5.74, 6) is -2.72. The number of benzene rings is 1. The fraction of sp³-hybridized carbons (Fsp3) is 0.500. The average molecular weight is 405 g/mol. The van der Waals surface area contributed by atoms with E-state index < -0.39 is 36.1 Å². The molecule has 0 radical (unpaired) electrons. The van der Waals surface area contributed by atoms with Crippen LogP contribution in [0.15, 0.2) is 24.3 Å². The summed E-state index contributed by atoms with van der Waals surface area (Å²) in [5, 5.41) is 4.84. The number of carbonyl (C=O) groups is 4. The van der Waals surface area contributed by atoms with Gasteiger partial charge in [-0.05, 0) is 37.1 Å². The highest BCUT2D eigenvalue weighted by Crippen LogP contribution is 2.29. The minimum Gasteiger partial charge on any atom is -0.455 e. The quantitative estimate of drug-likeness (QED) is 0.664. The first-order valence-corrected chi connectivity index (χ1v) is 9.70. The maximum Gasteiger partial charge on any atom is 0.311 e. The van der Waals surface area contributed by atoms with E-state index in [1.165, 1.54) is 24.3 Å². The highest BCUT2D eigenvalue weighted by atomic mass is 19.1. The minimum atomic E-state index is -0.621. The van der Waals surface area contributed by atoms with Gasteiger partial charge in [-0.2, -0.15) is 0 Å². The Labute approximate surface area is 167 Å². The first-order valence-electron chi connectivity index (χ1n) is 9.70. The molecule has 3 rings (SSSR count). The van der Waals surface area contributed by atoms with Crippen LogP contribution in [0.25, 0.3) is 0 Å². The van der Waals surface area contributed by atoms with Crippen molar-refractivity contribution in [2.24, 2.45) is 5.92 Å². The zero-order valence-corrected chi connectivity index (χ0v) is 16.0. The van der Waals surface area contributed by atoms with Gasteiger partial charge in [-0.1, -0.05) is 12.8 Å². The lowest BCUT2D eigenvalue weighted by Crippen LogP contribution is -2.37. The predicted octanol–water partition coefficient (Wildman–Crippen LogP) is 1.21. The Morgan fingerprint density at radius 1 is 1.10 bits per heavy atom. The number of anilines is 1. The number of carbonyl (C=O) groups excluding carboxylic acids is 4. The molecule has 156 valence electrons. The van der Waals surface area contributed by atoms with Gasteiger partial charge < -0.3 is 20.3 Å². The zero-order valence-electron chi connectivity index (χ0n) is 16.0. The Bertz CT molecular complexity index is 777. The molecule has 0 unspecified atom stereocenters. The number of amides is 3. The van der Waals surface area contributed by atoms with E-state index in [0.717, 1.165) is 25.7 Å². The van der Waals surface area contributed by atoms with Gasteiger partial charge in [0, 0.05) is 24.7 Å². The topological polar surface area (TPSA) is 105 Å². The molecule has 2 aliphatic rings. The number of rotatable bonds is 7. The molecule has 29 heavy (non-hydrogen) atoms. The fourth-order valence-corrected chi connectivity index (χ4v) is 3.68. The van der Waals surface area contributed by atoms with Crippen LogP contribution in [-0.2, 0) is 23.9 Å². The van der Waals surface area contributed by atoms with Gasteiger partial charge in [0.2, 0.25) is 11.8 Å².